The number of nitrogens with one attached hydrogen (secondary N) is 1. The molecule has 0 spiro atoms. The molecule has 8 nitrogen and oxygen atoms in total. The zero-order valence-corrected chi connectivity index (χ0v) is 19.2. The van der Waals surface area contributed by atoms with Crippen LogP contribution in [0.15, 0.2) is 40.3 Å². The summed E-state index contributed by atoms with van der Waals surface area (Å²) in [7, 11) is -3.66. The molecule has 1 aliphatic rings. The largest absolute Gasteiger partial charge is 0.379 e. The van der Waals surface area contributed by atoms with Gasteiger partial charge >= 0.3 is 0 Å². The lowest BCUT2D eigenvalue weighted by Gasteiger charge is -2.26. The molecule has 1 N–H and O–H groups in total. The normalized spacial score (nSPS) is 15.8. The maximum Gasteiger partial charge on any atom is 0.243 e. The smallest absolute Gasteiger partial charge is 0.243 e. The van der Waals surface area contributed by atoms with E-state index >= 15 is 0 Å². The third kappa shape index (κ3) is 5.43. The first-order chi connectivity index (χ1) is 14.7. The van der Waals surface area contributed by atoms with E-state index in [4.69, 9.17) is 4.74 Å². The Morgan fingerprint density at radius 2 is 2.00 bits per heavy atom. The van der Waals surface area contributed by atoms with Gasteiger partial charge in [-0.1, -0.05) is 17.8 Å². The van der Waals surface area contributed by atoms with Gasteiger partial charge < -0.3 is 10.1 Å². The van der Waals surface area contributed by atoms with E-state index in [1.54, 1.807) is 19.1 Å². The quantitative estimate of drug-likeness (QED) is 0.660. The molecule has 3 rings (SSSR count). The fourth-order valence-corrected chi connectivity index (χ4v) is 5.64. The van der Waals surface area contributed by atoms with E-state index in [0.717, 1.165) is 11.3 Å². The number of rotatable bonds is 6. The van der Waals surface area contributed by atoms with Gasteiger partial charge in [0.15, 0.2) is 0 Å². The first-order valence-electron chi connectivity index (χ1n) is 9.76. The highest BCUT2D eigenvalue weighted by molar-refractivity contribution is 8.00. The first kappa shape index (κ1) is 23.2. The zero-order valence-electron chi connectivity index (χ0n) is 17.6. The van der Waals surface area contributed by atoms with Crippen LogP contribution in [0.3, 0.4) is 0 Å². The summed E-state index contributed by atoms with van der Waals surface area (Å²) >= 11 is 1.20. The van der Waals surface area contributed by atoms with Crippen LogP contribution in [-0.2, 0) is 19.6 Å². The van der Waals surface area contributed by atoms with E-state index in [2.05, 4.69) is 16.4 Å². The fraction of sp³-hybridized carbons (Fsp3) is 0.381. The van der Waals surface area contributed by atoms with Gasteiger partial charge in [0.2, 0.25) is 15.9 Å². The van der Waals surface area contributed by atoms with E-state index in [-0.39, 0.29) is 10.8 Å². The van der Waals surface area contributed by atoms with E-state index in [9.17, 15) is 18.5 Å². The monoisotopic (exact) mass is 460 g/mol. The van der Waals surface area contributed by atoms with Gasteiger partial charge in [-0.2, -0.15) is 9.57 Å². The minimum atomic E-state index is -3.66. The van der Waals surface area contributed by atoms with Crippen LogP contribution in [0.1, 0.15) is 23.7 Å². The molecule has 1 aromatic carbocycles. The van der Waals surface area contributed by atoms with Crippen molar-refractivity contribution in [2.45, 2.75) is 35.9 Å². The summed E-state index contributed by atoms with van der Waals surface area (Å²) in [6, 6.07) is 10.2. The number of sulfonamides is 1. The van der Waals surface area contributed by atoms with Crippen molar-refractivity contribution in [1.82, 2.24) is 9.29 Å². The summed E-state index contributed by atoms with van der Waals surface area (Å²) in [5.41, 5.74) is 2.42. The second kappa shape index (κ2) is 9.78. The molecule has 1 aromatic heterocycles. The lowest BCUT2D eigenvalue weighted by atomic mass is 10.1. The van der Waals surface area contributed by atoms with Crippen LogP contribution in [0, 0.1) is 25.2 Å². The van der Waals surface area contributed by atoms with Crippen LogP contribution in [-0.4, -0.2) is 55.2 Å². The predicted molar refractivity (Wildman–Crippen MR) is 118 cm³/mol. The number of hydrogen-bond acceptors (Lipinski definition) is 7. The summed E-state index contributed by atoms with van der Waals surface area (Å²) < 4.78 is 32.3. The van der Waals surface area contributed by atoms with Crippen LogP contribution in [0.5, 0.6) is 0 Å². The van der Waals surface area contributed by atoms with E-state index in [1.165, 1.54) is 28.2 Å². The molecule has 2 heterocycles. The number of aryl methyl sites for hydroxylation is 2. The van der Waals surface area contributed by atoms with E-state index < -0.39 is 15.3 Å². The average Bonchev–Trinajstić information content (AvgIpc) is 2.74. The number of hydrogen-bond donors (Lipinski definition) is 1. The Bertz CT molecular complexity index is 1120. The van der Waals surface area contributed by atoms with Gasteiger partial charge in [0.05, 0.1) is 28.9 Å². The molecule has 1 fully saturated rings. The number of nitriles is 1. The summed E-state index contributed by atoms with van der Waals surface area (Å²) in [6.45, 7) is 6.72. The lowest BCUT2D eigenvalue weighted by molar-refractivity contribution is -0.115. The molecule has 1 aliphatic heterocycles. The molecule has 31 heavy (non-hydrogen) atoms. The van der Waals surface area contributed by atoms with Gasteiger partial charge in [0.1, 0.15) is 11.1 Å². The Hall–Kier alpha value is -2.45. The molecule has 2 aromatic rings. The number of nitrogens with zero attached hydrogens (tertiary/aromatic N) is 3. The van der Waals surface area contributed by atoms with Gasteiger partial charge in [-0.25, -0.2) is 13.4 Å². The molecule has 0 radical (unpaired) electrons. The fourth-order valence-electron chi connectivity index (χ4n) is 3.16. The minimum Gasteiger partial charge on any atom is -0.379 e. The number of carbonyl (C=O) groups excluding carboxylic acids is 1. The van der Waals surface area contributed by atoms with Gasteiger partial charge in [0, 0.05) is 24.5 Å². The van der Waals surface area contributed by atoms with Crippen molar-refractivity contribution in [1.29, 1.82) is 5.26 Å². The van der Waals surface area contributed by atoms with Gasteiger partial charge in [0.25, 0.3) is 0 Å². The number of pyridine rings is 1. The maximum absolute atomic E-state index is 12.8. The molecule has 1 amide bonds. The second-order valence-electron chi connectivity index (χ2n) is 7.17. The summed E-state index contributed by atoms with van der Waals surface area (Å²) in [5.74, 6) is -0.309. The molecular weight excluding hydrogens is 436 g/mol. The Balaban J connectivity index is 1.74. The highest BCUT2D eigenvalue weighted by atomic mass is 32.2. The molecular formula is C21H24N4O4S2. The van der Waals surface area contributed by atoms with Crippen LogP contribution in [0.25, 0.3) is 0 Å². The summed E-state index contributed by atoms with van der Waals surface area (Å²) in [5, 5.41) is 12.1. The van der Waals surface area contributed by atoms with Crippen molar-refractivity contribution in [2.75, 3.05) is 31.6 Å². The van der Waals surface area contributed by atoms with Gasteiger partial charge in [-0.15, -0.1) is 0 Å². The van der Waals surface area contributed by atoms with Crippen molar-refractivity contribution < 1.29 is 17.9 Å². The number of amides is 1. The van der Waals surface area contributed by atoms with Crippen LogP contribution in [0.2, 0.25) is 0 Å². The lowest BCUT2D eigenvalue weighted by Crippen LogP contribution is -2.40. The van der Waals surface area contributed by atoms with E-state index in [1.807, 2.05) is 19.9 Å². The highest BCUT2D eigenvalue weighted by Crippen LogP contribution is 2.28. The molecule has 1 saturated heterocycles. The zero-order chi connectivity index (χ0) is 22.6. The summed E-state index contributed by atoms with van der Waals surface area (Å²) in [6.07, 6.45) is 0. The SMILES string of the molecule is Cc1cc(C)c(C#N)c(SC(C)C(=O)Nc2cccc(S(=O)(=O)N3CCOCC3)c2)n1. The average molecular weight is 461 g/mol. The van der Waals surface area contributed by atoms with Crippen molar-refractivity contribution in [2.24, 2.45) is 0 Å². The predicted octanol–water partition coefficient (Wildman–Crippen LogP) is 2.71. The van der Waals surface area contributed by atoms with Crippen LogP contribution < -0.4 is 5.32 Å². The highest BCUT2D eigenvalue weighted by Gasteiger charge is 2.27. The molecule has 1 atom stereocenters. The molecule has 10 heteroatoms. The molecule has 1 unspecified atom stereocenters. The maximum atomic E-state index is 12.8. The molecule has 0 saturated carbocycles. The van der Waals surface area contributed by atoms with Crippen molar-refractivity contribution >= 4 is 33.4 Å². The summed E-state index contributed by atoms with van der Waals surface area (Å²) in [4.78, 5) is 17.2. The van der Waals surface area contributed by atoms with Crippen molar-refractivity contribution in [3.63, 3.8) is 0 Å². The van der Waals surface area contributed by atoms with Crippen LogP contribution in [0.4, 0.5) is 5.69 Å². The van der Waals surface area contributed by atoms with E-state index in [0.29, 0.717) is 42.6 Å². The third-order valence-corrected chi connectivity index (χ3v) is 7.77. The van der Waals surface area contributed by atoms with Crippen LogP contribution >= 0.6 is 11.8 Å². The Kier molecular flexibility index (Phi) is 7.33. The van der Waals surface area contributed by atoms with Gasteiger partial charge in [-0.3, -0.25) is 4.79 Å². The molecule has 0 aliphatic carbocycles. The van der Waals surface area contributed by atoms with Crippen molar-refractivity contribution in [3.05, 3.63) is 47.2 Å². The number of carbonyl (C=O) groups is 1. The Morgan fingerprint density at radius 3 is 2.68 bits per heavy atom. The van der Waals surface area contributed by atoms with Crippen molar-refractivity contribution in [3.8, 4) is 6.07 Å². The Labute approximate surface area is 186 Å². The second-order valence-corrected chi connectivity index (χ2v) is 10.4. The topological polar surface area (TPSA) is 112 Å². The number of morpholine rings is 1. The van der Waals surface area contributed by atoms with Gasteiger partial charge in [-0.05, 0) is 50.6 Å². The molecule has 164 valence electrons. The first-order valence-corrected chi connectivity index (χ1v) is 12.1. The standard InChI is InChI=1S/C21H24N4O4S2/c1-14-11-15(2)23-21(19(14)13-22)30-16(3)20(26)24-17-5-4-6-18(12-17)31(27,28)25-7-9-29-10-8-25/h4-6,11-12,16H,7-10H2,1-3H3,(H,24,26). The minimum absolute atomic E-state index is 0.121. The molecule has 0 bridgehead atoms. The number of ether oxygens (including phenoxy) is 1. The third-order valence-electron chi connectivity index (χ3n) is 4.79. The number of thioether (sulfide) groups is 1. The Morgan fingerprint density at radius 1 is 1.29 bits per heavy atom. The number of benzene rings is 1. The number of aromatic nitrogens is 1. The number of anilines is 1.